The number of aromatic nitrogens is 5. The van der Waals surface area contributed by atoms with E-state index in [9.17, 15) is 0 Å². The largest absolute Gasteiger partial charge is 0.456 e. The molecule has 0 radical (unpaired) electrons. The van der Waals surface area contributed by atoms with Crippen LogP contribution in [0.5, 0.6) is 11.5 Å². The van der Waals surface area contributed by atoms with Crippen molar-refractivity contribution in [2.45, 2.75) is 13.8 Å². The molecule has 0 aliphatic heterocycles. The van der Waals surface area contributed by atoms with Crippen LogP contribution in [-0.4, -0.2) is 24.9 Å². The van der Waals surface area contributed by atoms with Gasteiger partial charge in [-0.1, -0.05) is 109 Å². The lowest BCUT2D eigenvalue weighted by molar-refractivity contribution is 0.480. The molecule has 0 saturated carbocycles. The number of benzene rings is 6. The topological polar surface area (TPSA) is 86.8 Å². The number of hydrogen-bond acceptors (Lipinski definition) is 8. The first-order valence-electron chi connectivity index (χ1n) is 18.7. The summed E-state index contributed by atoms with van der Waals surface area (Å²) in [7, 11) is 0. The number of hydrogen-bond donors (Lipinski definition) is 0. The van der Waals surface area contributed by atoms with Crippen molar-refractivity contribution < 1.29 is 9.15 Å². The standard InChI is InChI=1S/C49H33N5O2S/c1-3-14-36-30(2)57-43-22-13-21-38(44(36)43)49-53-47(32-17-9-5-10-18-32)52-48(54-49)33-24-26-40-39(27-33)37-25-23-34(28-41(37)56-40)46-50-29-42(55-35-19-11-6-12-20-35)45(51-46)31-15-7-4-8-16-31/h3-29H,1-2H3/b14-3-. The monoisotopic (exact) mass is 755 g/mol. The second-order valence-electron chi connectivity index (χ2n) is 13.6. The lowest BCUT2D eigenvalue weighted by Crippen LogP contribution is -2.00. The Bertz CT molecular complexity index is 3120. The quantitative estimate of drug-likeness (QED) is 0.153. The van der Waals surface area contributed by atoms with Crippen molar-refractivity contribution in [3.05, 3.63) is 168 Å². The number of furan rings is 1. The van der Waals surface area contributed by atoms with Crippen LogP contribution in [0.3, 0.4) is 0 Å². The van der Waals surface area contributed by atoms with Crippen molar-refractivity contribution in [1.29, 1.82) is 0 Å². The molecule has 4 heterocycles. The zero-order valence-corrected chi connectivity index (χ0v) is 31.9. The number of thiophene rings is 1. The molecule has 8 heteroatoms. The van der Waals surface area contributed by atoms with Crippen LogP contribution >= 0.6 is 11.3 Å². The van der Waals surface area contributed by atoms with E-state index in [0.717, 1.165) is 55.1 Å². The molecule has 0 unspecified atom stereocenters. The molecule has 6 aromatic carbocycles. The molecule has 4 aromatic heterocycles. The van der Waals surface area contributed by atoms with Crippen molar-refractivity contribution in [2.75, 3.05) is 0 Å². The van der Waals surface area contributed by atoms with Gasteiger partial charge in [0, 0.05) is 53.6 Å². The number of nitrogens with zero attached hydrogens (tertiary/aromatic N) is 5. The van der Waals surface area contributed by atoms with E-state index < -0.39 is 0 Å². The van der Waals surface area contributed by atoms with Gasteiger partial charge in [-0.3, -0.25) is 0 Å². The van der Waals surface area contributed by atoms with Crippen LogP contribution in [0.1, 0.15) is 17.4 Å². The SMILES string of the molecule is C/C=C\c1c(C)sc2cccc(-c3nc(-c4ccccc4)nc(-c4ccc5oc6cc(-c7ncc(Oc8ccccc8)c(-c8ccccc8)n7)ccc6c5c4)n3)c12. The number of aryl methyl sites for hydroxylation is 1. The van der Waals surface area contributed by atoms with Crippen molar-refractivity contribution in [3.63, 3.8) is 0 Å². The molecule has 0 aliphatic carbocycles. The van der Waals surface area contributed by atoms with Crippen LogP contribution in [0.15, 0.2) is 162 Å². The van der Waals surface area contributed by atoms with E-state index in [2.05, 4.69) is 49.4 Å². The Morgan fingerprint density at radius 3 is 2.04 bits per heavy atom. The fourth-order valence-electron chi connectivity index (χ4n) is 7.24. The van der Waals surface area contributed by atoms with Gasteiger partial charge in [0.1, 0.15) is 22.6 Å². The third kappa shape index (κ3) is 6.42. The van der Waals surface area contributed by atoms with Gasteiger partial charge >= 0.3 is 0 Å². The Balaban J connectivity index is 1.07. The molecule has 0 atom stereocenters. The van der Waals surface area contributed by atoms with Crippen molar-refractivity contribution in [1.82, 2.24) is 24.9 Å². The predicted molar refractivity (Wildman–Crippen MR) is 231 cm³/mol. The summed E-state index contributed by atoms with van der Waals surface area (Å²) in [6.45, 7) is 4.21. The summed E-state index contributed by atoms with van der Waals surface area (Å²) in [5, 5.41) is 3.08. The summed E-state index contributed by atoms with van der Waals surface area (Å²) in [5.41, 5.74) is 7.91. The maximum atomic E-state index is 6.46. The molecule has 10 rings (SSSR count). The Hall–Kier alpha value is -7.29. The molecule has 272 valence electrons. The second kappa shape index (κ2) is 14.4. The smallest absolute Gasteiger partial charge is 0.172 e. The Labute approximate surface area is 332 Å². The minimum atomic E-state index is 0.567. The van der Waals surface area contributed by atoms with Crippen LogP contribution < -0.4 is 4.74 Å². The van der Waals surface area contributed by atoms with E-state index in [4.69, 9.17) is 34.1 Å². The van der Waals surface area contributed by atoms with Crippen LogP contribution in [0, 0.1) is 6.92 Å². The zero-order chi connectivity index (χ0) is 38.3. The summed E-state index contributed by atoms with van der Waals surface area (Å²) >= 11 is 1.79. The third-order valence-corrected chi connectivity index (χ3v) is 11.0. The van der Waals surface area contributed by atoms with Gasteiger partial charge < -0.3 is 9.15 Å². The minimum absolute atomic E-state index is 0.567. The lowest BCUT2D eigenvalue weighted by Gasteiger charge is -2.12. The Morgan fingerprint density at radius 2 is 1.26 bits per heavy atom. The van der Waals surface area contributed by atoms with Gasteiger partial charge in [-0.25, -0.2) is 24.9 Å². The maximum Gasteiger partial charge on any atom is 0.172 e. The molecule has 57 heavy (non-hydrogen) atoms. The molecule has 0 amide bonds. The number of allylic oxidation sites excluding steroid dienone is 1. The number of fused-ring (bicyclic) bond motifs is 4. The summed E-state index contributed by atoms with van der Waals surface area (Å²) in [6, 6.07) is 48.3. The molecule has 7 nitrogen and oxygen atoms in total. The van der Waals surface area contributed by atoms with Gasteiger partial charge in [0.05, 0.1) is 6.20 Å². The van der Waals surface area contributed by atoms with Gasteiger partial charge in [0.2, 0.25) is 0 Å². The molecular formula is C49H33N5O2S. The maximum absolute atomic E-state index is 6.46. The molecule has 0 bridgehead atoms. The Morgan fingerprint density at radius 1 is 0.579 bits per heavy atom. The van der Waals surface area contributed by atoms with Gasteiger partial charge in [0.25, 0.3) is 0 Å². The molecule has 0 saturated heterocycles. The summed E-state index contributed by atoms with van der Waals surface area (Å²) in [5.74, 6) is 3.69. The van der Waals surface area contributed by atoms with E-state index in [-0.39, 0.29) is 0 Å². The van der Waals surface area contributed by atoms with Gasteiger partial charge in [0.15, 0.2) is 29.0 Å². The molecule has 10 aromatic rings. The predicted octanol–water partition coefficient (Wildman–Crippen LogP) is 13.2. The highest BCUT2D eigenvalue weighted by Gasteiger charge is 2.20. The Kier molecular flexibility index (Phi) is 8.65. The summed E-state index contributed by atoms with van der Waals surface area (Å²) < 4.78 is 13.9. The van der Waals surface area contributed by atoms with Crippen LogP contribution in [-0.2, 0) is 0 Å². The first-order chi connectivity index (χ1) is 28.1. The van der Waals surface area contributed by atoms with Gasteiger partial charge in [-0.15, -0.1) is 11.3 Å². The van der Waals surface area contributed by atoms with Gasteiger partial charge in [-0.2, -0.15) is 0 Å². The van der Waals surface area contributed by atoms with E-state index in [1.807, 2.05) is 122 Å². The summed E-state index contributed by atoms with van der Waals surface area (Å²) in [4.78, 5) is 26.3. The molecular weight excluding hydrogens is 723 g/mol. The minimum Gasteiger partial charge on any atom is -0.456 e. The first kappa shape index (κ1) is 34.2. The van der Waals surface area contributed by atoms with E-state index in [1.165, 1.54) is 15.1 Å². The normalized spacial score (nSPS) is 11.6. The number of ether oxygens (including phenoxy) is 1. The average molecular weight is 756 g/mol. The van der Waals surface area contributed by atoms with Gasteiger partial charge in [-0.05, 0) is 67.9 Å². The zero-order valence-electron chi connectivity index (χ0n) is 31.0. The van der Waals surface area contributed by atoms with Crippen molar-refractivity contribution in [3.8, 4) is 68.3 Å². The molecule has 0 spiro atoms. The first-order valence-corrected chi connectivity index (χ1v) is 19.5. The van der Waals surface area contributed by atoms with Crippen molar-refractivity contribution >= 4 is 49.4 Å². The van der Waals surface area contributed by atoms with Crippen LogP contribution in [0.4, 0.5) is 0 Å². The summed E-state index contributed by atoms with van der Waals surface area (Å²) in [6.07, 6.45) is 5.99. The highest BCUT2D eigenvalue weighted by molar-refractivity contribution is 7.19. The van der Waals surface area contributed by atoms with E-state index >= 15 is 0 Å². The van der Waals surface area contributed by atoms with E-state index in [0.29, 0.717) is 40.5 Å². The second-order valence-corrected chi connectivity index (χ2v) is 14.9. The molecule has 0 N–H and O–H groups in total. The fourth-order valence-corrected chi connectivity index (χ4v) is 8.32. The third-order valence-electron chi connectivity index (χ3n) is 9.94. The number of rotatable bonds is 8. The molecule has 0 fully saturated rings. The molecule has 0 aliphatic rings. The van der Waals surface area contributed by atoms with Crippen LogP contribution in [0.25, 0.3) is 94.9 Å². The highest BCUT2D eigenvalue weighted by Crippen LogP contribution is 2.40. The highest BCUT2D eigenvalue weighted by atomic mass is 32.1. The lowest BCUT2D eigenvalue weighted by atomic mass is 10.0. The van der Waals surface area contributed by atoms with Crippen molar-refractivity contribution in [2.24, 2.45) is 0 Å². The fraction of sp³-hybridized carbons (Fsp3) is 0.0408. The van der Waals surface area contributed by atoms with Crippen LogP contribution in [0.2, 0.25) is 0 Å². The average Bonchev–Trinajstić information content (AvgIpc) is 3.80. The number of para-hydroxylation sites is 1. The van der Waals surface area contributed by atoms with E-state index in [1.54, 1.807) is 17.5 Å².